The van der Waals surface area contributed by atoms with Crippen molar-refractivity contribution in [2.45, 2.75) is 33.0 Å². The number of furan rings is 1. The van der Waals surface area contributed by atoms with Gasteiger partial charge in [0.25, 0.3) is 0 Å². The molecule has 100 valence electrons. The monoisotopic (exact) mass is 248 g/mol. The zero-order valence-corrected chi connectivity index (χ0v) is 11.5. The Balaban J connectivity index is 2.61. The molecule has 0 spiro atoms. The van der Waals surface area contributed by atoms with Crippen LogP contribution in [0.25, 0.3) is 0 Å². The summed E-state index contributed by atoms with van der Waals surface area (Å²) in [5.41, 5.74) is 1.23. The van der Waals surface area contributed by atoms with Crippen LogP contribution in [0.15, 0.2) is 42.1 Å². The fraction of sp³-hybridized carbons (Fsp3) is 0.467. The van der Waals surface area contributed by atoms with E-state index >= 15 is 0 Å². The zero-order chi connectivity index (χ0) is 13.4. The van der Waals surface area contributed by atoms with Gasteiger partial charge in [-0.25, -0.2) is 0 Å². The van der Waals surface area contributed by atoms with Crippen molar-refractivity contribution in [1.29, 1.82) is 0 Å². The van der Waals surface area contributed by atoms with E-state index in [4.69, 9.17) is 4.42 Å². The third-order valence-corrected chi connectivity index (χ3v) is 2.68. The number of hydrogen-bond donors (Lipinski definition) is 1. The van der Waals surface area contributed by atoms with Crippen LogP contribution in [0, 0.1) is 0 Å². The van der Waals surface area contributed by atoms with Crippen LogP contribution in [0.1, 0.15) is 25.2 Å². The molecule has 1 rings (SSSR count). The molecule has 0 saturated heterocycles. The Morgan fingerprint density at radius 3 is 2.56 bits per heavy atom. The average molecular weight is 248 g/mol. The van der Waals surface area contributed by atoms with Crippen LogP contribution >= 0.6 is 0 Å². The maximum absolute atomic E-state index is 5.53. The molecule has 0 aromatic carbocycles. The minimum Gasteiger partial charge on any atom is -0.468 e. The lowest BCUT2D eigenvalue weighted by Gasteiger charge is -2.18. The Kier molecular flexibility index (Phi) is 6.47. The van der Waals surface area contributed by atoms with E-state index in [0.29, 0.717) is 6.04 Å². The largest absolute Gasteiger partial charge is 0.468 e. The molecule has 18 heavy (non-hydrogen) atoms. The quantitative estimate of drug-likeness (QED) is 0.681. The van der Waals surface area contributed by atoms with Gasteiger partial charge in [0.05, 0.1) is 12.8 Å². The summed E-state index contributed by atoms with van der Waals surface area (Å²) in [6, 6.07) is 2.50. The summed E-state index contributed by atoms with van der Waals surface area (Å²) >= 11 is 0. The lowest BCUT2D eigenvalue weighted by atomic mass is 10.2. The van der Waals surface area contributed by atoms with E-state index in [2.05, 4.69) is 37.2 Å². The van der Waals surface area contributed by atoms with Gasteiger partial charge in [-0.15, -0.1) is 13.2 Å². The molecule has 0 saturated carbocycles. The molecular formula is C15H24N2O. The van der Waals surface area contributed by atoms with E-state index in [1.54, 1.807) is 6.26 Å². The molecule has 1 aromatic rings. The summed E-state index contributed by atoms with van der Waals surface area (Å²) in [5.74, 6) is 1.02. The predicted octanol–water partition coefficient (Wildman–Crippen LogP) is 2.95. The third kappa shape index (κ3) is 4.90. The average Bonchev–Trinajstić information content (AvgIpc) is 2.74. The highest BCUT2D eigenvalue weighted by Gasteiger charge is 2.10. The van der Waals surface area contributed by atoms with Crippen LogP contribution in [0.5, 0.6) is 0 Å². The Morgan fingerprint density at radius 2 is 2.00 bits per heavy atom. The Bertz CT molecular complexity index is 358. The lowest BCUT2D eigenvalue weighted by Crippen LogP contribution is -2.25. The highest BCUT2D eigenvalue weighted by atomic mass is 16.3. The normalized spacial score (nSPS) is 11.1. The second kappa shape index (κ2) is 7.90. The molecule has 0 atom stereocenters. The fourth-order valence-corrected chi connectivity index (χ4v) is 1.77. The van der Waals surface area contributed by atoms with Crippen LogP contribution < -0.4 is 5.32 Å². The summed E-state index contributed by atoms with van der Waals surface area (Å²) in [5, 5.41) is 3.37. The third-order valence-electron chi connectivity index (χ3n) is 2.68. The molecule has 0 bridgehead atoms. The first-order chi connectivity index (χ1) is 8.67. The summed E-state index contributed by atoms with van der Waals surface area (Å²) < 4.78 is 5.53. The van der Waals surface area contributed by atoms with Crippen molar-refractivity contribution in [3.05, 3.63) is 49.0 Å². The fourth-order valence-electron chi connectivity index (χ4n) is 1.77. The first-order valence-corrected chi connectivity index (χ1v) is 6.40. The van der Waals surface area contributed by atoms with Gasteiger partial charge >= 0.3 is 0 Å². The van der Waals surface area contributed by atoms with Gasteiger partial charge in [0.1, 0.15) is 5.76 Å². The summed E-state index contributed by atoms with van der Waals surface area (Å²) in [7, 11) is 0. The summed E-state index contributed by atoms with van der Waals surface area (Å²) in [4.78, 5) is 2.27. The van der Waals surface area contributed by atoms with E-state index in [-0.39, 0.29) is 0 Å². The number of rotatable bonds is 9. The molecule has 0 fully saturated rings. The number of nitrogens with one attached hydrogen (secondary N) is 1. The van der Waals surface area contributed by atoms with Crippen LogP contribution in [0.2, 0.25) is 0 Å². The Morgan fingerprint density at radius 1 is 1.33 bits per heavy atom. The van der Waals surface area contributed by atoms with Gasteiger partial charge in [-0.05, 0) is 6.07 Å². The minimum absolute atomic E-state index is 0.459. The molecule has 0 aliphatic heterocycles. The van der Waals surface area contributed by atoms with Crippen molar-refractivity contribution < 1.29 is 4.42 Å². The van der Waals surface area contributed by atoms with Gasteiger partial charge < -0.3 is 9.73 Å². The highest BCUT2D eigenvalue weighted by molar-refractivity contribution is 5.17. The summed E-state index contributed by atoms with van der Waals surface area (Å²) in [6.45, 7) is 15.2. The first kappa shape index (κ1) is 14.7. The molecule has 0 amide bonds. The molecular weight excluding hydrogens is 224 g/mol. The topological polar surface area (TPSA) is 28.4 Å². The van der Waals surface area contributed by atoms with Crippen molar-refractivity contribution in [2.75, 3.05) is 13.1 Å². The first-order valence-electron chi connectivity index (χ1n) is 6.40. The van der Waals surface area contributed by atoms with Gasteiger partial charge in [0.2, 0.25) is 0 Å². The molecule has 0 radical (unpaired) electrons. The van der Waals surface area contributed by atoms with Gasteiger partial charge in [-0.1, -0.05) is 26.0 Å². The Labute approximate surface area is 110 Å². The molecule has 3 nitrogen and oxygen atoms in total. The van der Waals surface area contributed by atoms with Gasteiger partial charge in [0, 0.05) is 31.2 Å². The van der Waals surface area contributed by atoms with Crippen LogP contribution in [-0.2, 0) is 13.1 Å². The maximum Gasteiger partial charge on any atom is 0.122 e. The SMILES string of the molecule is C=CCN(CC=C)Cc1ccoc1CNC(C)C. The lowest BCUT2D eigenvalue weighted by molar-refractivity contribution is 0.322. The molecule has 3 heteroatoms. The van der Waals surface area contributed by atoms with E-state index in [0.717, 1.165) is 31.9 Å². The smallest absolute Gasteiger partial charge is 0.122 e. The van der Waals surface area contributed by atoms with E-state index in [9.17, 15) is 0 Å². The van der Waals surface area contributed by atoms with Gasteiger partial charge in [0.15, 0.2) is 0 Å². The van der Waals surface area contributed by atoms with Crippen molar-refractivity contribution in [2.24, 2.45) is 0 Å². The van der Waals surface area contributed by atoms with Crippen LogP contribution in [0.3, 0.4) is 0 Å². The number of nitrogens with zero attached hydrogens (tertiary/aromatic N) is 1. The van der Waals surface area contributed by atoms with Crippen LogP contribution in [-0.4, -0.2) is 24.0 Å². The molecule has 1 N–H and O–H groups in total. The Hall–Kier alpha value is -1.32. The second-order valence-electron chi connectivity index (χ2n) is 4.68. The molecule has 1 heterocycles. The molecule has 0 aliphatic carbocycles. The molecule has 1 aromatic heterocycles. The zero-order valence-electron chi connectivity index (χ0n) is 11.5. The van der Waals surface area contributed by atoms with Crippen molar-refractivity contribution >= 4 is 0 Å². The number of hydrogen-bond acceptors (Lipinski definition) is 3. The van der Waals surface area contributed by atoms with E-state index in [1.165, 1.54) is 5.56 Å². The second-order valence-corrected chi connectivity index (χ2v) is 4.68. The maximum atomic E-state index is 5.53. The van der Waals surface area contributed by atoms with E-state index < -0.39 is 0 Å². The van der Waals surface area contributed by atoms with Gasteiger partial charge in [-0.3, -0.25) is 4.90 Å². The van der Waals surface area contributed by atoms with Crippen molar-refractivity contribution in [1.82, 2.24) is 10.2 Å². The molecule has 0 aliphatic rings. The van der Waals surface area contributed by atoms with Crippen LogP contribution in [0.4, 0.5) is 0 Å². The summed E-state index contributed by atoms with van der Waals surface area (Å²) in [6.07, 6.45) is 5.58. The van der Waals surface area contributed by atoms with Crippen molar-refractivity contribution in [3.63, 3.8) is 0 Å². The van der Waals surface area contributed by atoms with E-state index in [1.807, 2.05) is 18.2 Å². The highest BCUT2D eigenvalue weighted by Crippen LogP contribution is 2.13. The van der Waals surface area contributed by atoms with Crippen molar-refractivity contribution in [3.8, 4) is 0 Å². The predicted molar refractivity (Wildman–Crippen MR) is 76.4 cm³/mol. The van der Waals surface area contributed by atoms with Gasteiger partial charge in [-0.2, -0.15) is 0 Å². The molecule has 0 unspecified atom stereocenters. The standard InChI is InChI=1S/C15H24N2O/c1-5-8-17(9-6-2)12-14-7-10-18-15(14)11-16-13(3)4/h5-7,10,13,16H,1-2,8-9,11-12H2,3-4H3. The minimum atomic E-state index is 0.459.